The first kappa shape index (κ1) is 17.0. The minimum Gasteiger partial charge on any atom is -0.490 e. The predicted octanol–water partition coefficient (Wildman–Crippen LogP) is 1.74. The van der Waals surface area contributed by atoms with Crippen LogP contribution >= 0.6 is 0 Å². The Bertz CT molecular complexity index is 455. The molecule has 0 aliphatic carbocycles. The van der Waals surface area contributed by atoms with Gasteiger partial charge in [-0.1, -0.05) is 19.1 Å². The van der Waals surface area contributed by atoms with Crippen molar-refractivity contribution in [2.75, 3.05) is 39.5 Å². The second-order valence-corrected chi connectivity index (χ2v) is 5.79. The van der Waals surface area contributed by atoms with E-state index in [0.29, 0.717) is 30.9 Å². The molecule has 0 bridgehead atoms. The van der Waals surface area contributed by atoms with E-state index in [4.69, 9.17) is 9.47 Å². The maximum atomic E-state index is 11.8. The van der Waals surface area contributed by atoms with Crippen LogP contribution in [0.15, 0.2) is 24.3 Å². The lowest BCUT2D eigenvalue weighted by atomic mass is 10.1. The zero-order valence-corrected chi connectivity index (χ0v) is 13.6. The Morgan fingerprint density at radius 3 is 2.64 bits per heavy atom. The topological polar surface area (TPSA) is 40.0 Å². The van der Waals surface area contributed by atoms with Gasteiger partial charge in [-0.3, -0.25) is 4.79 Å². The van der Waals surface area contributed by atoms with Crippen molar-refractivity contribution in [3.63, 3.8) is 0 Å². The summed E-state index contributed by atoms with van der Waals surface area (Å²) in [6.07, 6.45) is 4.57. The summed E-state index contributed by atoms with van der Waals surface area (Å²) in [6, 6.07) is 7.43. The van der Waals surface area contributed by atoms with Crippen molar-refractivity contribution in [3.05, 3.63) is 29.8 Å². The minimum atomic E-state index is 0.116. The molecule has 0 saturated carbocycles. The molecular formula is C18H28NO3+. The molecule has 0 amide bonds. The van der Waals surface area contributed by atoms with Crippen LogP contribution in [0.1, 0.15) is 43.0 Å². The largest absolute Gasteiger partial charge is 0.490 e. The Kier molecular flexibility index (Phi) is 7.40. The minimum absolute atomic E-state index is 0.116. The van der Waals surface area contributed by atoms with Gasteiger partial charge in [0.15, 0.2) is 5.78 Å². The van der Waals surface area contributed by atoms with Crippen LogP contribution in [-0.4, -0.2) is 45.2 Å². The fraction of sp³-hybridized carbons (Fsp3) is 0.611. The van der Waals surface area contributed by atoms with Crippen molar-refractivity contribution in [1.82, 2.24) is 0 Å². The summed E-state index contributed by atoms with van der Waals surface area (Å²) in [6.45, 7) is 7.37. The summed E-state index contributed by atoms with van der Waals surface area (Å²) in [5, 5.41) is 0. The standard InChI is InChI=1S/C18H27NO3/c1-2-17(20)16-8-4-5-9-18(16)22-15-14-21-13-12-19-10-6-3-7-11-19/h4-5,8-9H,2-3,6-7,10-15H2,1H3/p+1. The lowest BCUT2D eigenvalue weighted by Crippen LogP contribution is -3.13. The zero-order chi connectivity index (χ0) is 15.6. The van der Waals surface area contributed by atoms with Crippen LogP contribution in [-0.2, 0) is 4.74 Å². The smallest absolute Gasteiger partial charge is 0.166 e. The van der Waals surface area contributed by atoms with Crippen LogP contribution < -0.4 is 9.64 Å². The van der Waals surface area contributed by atoms with Gasteiger partial charge < -0.3 is 14.4 Å². The van der Waals surface area contributed by atoms with E-state index in [1.165, 1.54) is 32.4 Å². The van der Waals surface area contributed by atoms with Crippen LogP contribution in [0.3, 0.4) is 0 Å². The number of ketones is 1. The van der Waals surface area contributed by atoms with Crippen molar-refractivity contribution >= 4 is 5.78 Å². The van der Waals surface area contributed by atoms with E-state index >= 15 is 0 Å². The van der Waals surface area contributed by atoms with Crippen molar-refractivity contribution in [2.45, 2.75) is 32.6 Å². The molecule has 1 aliphatic rings. The number of carbonyl (C=O) groups excluding carboxylic acids is 1. The molecule has 1 N–H and O–H groups in total. The quantitative estimate of drug-likeness (QED) is 0.558. The molecule has 0 unspecified atom stereocenters. The molecule has 0 atom stereocenters. The molecule has 122 valence electrons. The van der Waals surface area contributed by atoms with E-state index in [-0.39, 0.29) is 5.78 Å². The number of quaternary nitrogens is 1. The third kappa shape index (κ3) is 5.43. The fourth-order valence-corrected chi connectivity index (χ4v) is 2.84. The molecule has 1 heterocycles. The normalized spacial score (nSPS) is 15.7. The highest BCUT2D eigenvalue weighted by Gasteiger charge is 2.13. The molecule has 4 nitrogen and oxygen atoms in total. The Hall–Kier alpha value is -1.39. The fourth-order valence-electron chi connectivity index (χ4n) is 2.84. The highest BCUT2D eigenvalue weighted by atomic mass is 16.5. The molecular weight excluding hydrogens is 278 g/mol. The summed E-state index contributed by atoms with van der Waals surface area (Å²) in [5.74, 6) is 0.782. The Morgan fingerprint density at radius 2 is 1.86 bits per heavy atom. The number of rotatable bonds is 9. The van der Waals surface area contributed by atoms with Gasteiger partial charge in [0.2, 0.25) is 0 Å². The Balaban J connectivity index is 1.63. The van der Waals surface area contributed by atoms with Crippen LogP contribution in [0, 0.1) is 0 Å². The highest BCUT2D eigenvalue weighted by molar-refractivity contribution is 5.98. The summed E-state index contributed by atoms with van der Waals surface area (Å²) in [5.41, 5.74) is 0.669. The van der Waals surface area contributed by atoms with Crippen LogP contribution in [0.4, 0.5) is 0 Å². The van der Waals surface area contributed by atoms with Gasteiger partial charge in [-0.15, -0.1) is 0 Å². The number of likely N-dealkylation sites (tertiary alicyclic amines) is 1. The number of hydrogen-bond acceptors (Lipinski definition) is 3. The first-order chi connectivity index (χ1) is 10.8. The number of carbonyl (C=O) groups is 1. The van der Waals surface area contributed by atoms with Crippen molar-refractivity contribution < 1.29 is 19.2 Å². The second kappa shape index (κ2) is 9.59. The molecule has 1 aromatic rings. The molecule has 1 aliphatic heterocycles. The number of hydrogen-bond donors (Lipinski definition) is 1. The summed E-state index contributed by atoms with van der Waals surface area (Å²) < 4.78 is 11.4. The summed E-state index contributed by atoms with van der Waals surface area (Å²) >= 11 is 0. The van der Waals surface area contributed by atoms with E-state index < -0.39 is 0 Å². The summed E-state index contributed by atoms with van der Waals surface area (Å²) in [7, 11) is 0. The predicted molar refractivity (Wildman–Crippen MR) is 86.8 cm³/mol. The molecule has 1 saturated heterocycles. The highest BCUT2D eigenvalue weighted by Crippen LogP contribution is 2.19. The number of ether oxygens (including phenoxy) is 2. The maximum absolute atomic E-state index is 11.8. The molecule has 22 heavy (non-hydrogen) atoms. The monoisotopic (exact) mass is 306 g/mol. The van der Waals surface area contributed by atoms with Crippen LogP contribution in [0.5, 0.6) is 5.75 Å². The van der Waals surface area contributed by atoms with Crippen molar-refractivity contribution in [1.29, 1.82) is 0 Å². The lowest BCUT2D eigenvalue weighted by Gasteiger charge is -2.23. The molecule has 0 radical (unpaired) electrons. The van der Waals surface area contributed by atoms with Gasteiger partial charge in [-0.25, -0.2) is 0 Å². The summed E-state index contributed by atoms with van der Waals surface area (Å²) in [4.78, 5) is 13.5. The van der Waals surface area contributed by atoms with E-state index in [0.717, 1.165) is 13.2 Å². The van der Waals surface area contributed by atoms with E-state index in [9.17, 15) is 4.79 Å². The third-order valence-corrected chi connectivity index (χ3v) is 4.15. The second-order valence-electron chi connectivity index (χ2n) is 5.79. The van der Waals surface area contributed by atoms with Crippen molar-refractivity contribution in [3.8, 4) is 5.75 Å². The van der Waals surface area contributed by atoms with Crippen LogP contribution in [0.25, 0.3) is 0 Å². The number of para-hydroxylation sites is 1. The van der Waals surface area contributed by atoms with E-state index in [1.54, 1.807) is 4.90 Å². The molecule has 4 heteroatoms. The number of nitrogens with one attached hydrogen (secondary N) is 1. The average molecular weight is 306 g/mol. The van der Waals surface area contributed by atoms with Gasteiger partial charge >= 0.3 is 0 Å². The first-order valence-corrected chi connectivity index (χ1v) is 8.47. The SMILES string of the molecule is CCC(=O)c1ccccc1OCCOCC[NH+]1CCCCC1. The van der Waals surface area contributed by atoms with Gasteiger partial charge in [-0.2, -0.15) is 0 Å². The number of benzene rings is 1. The van der Waals surface area contributed by atoms with Crippen molar-refractivity contribution in [2.24, 2.45) is 0 Å². The van der Waals surface area contributed by atoms with Gasteiger partial charge in [0.1, 0.15) is 18.9 Å². The molecule has 1 aromatic carbocycles. The van der Waals surface area contributed by atoms with E-state index in [2.05, 4.69) is 0 Å². The van der Waals surface area contributed by atoms with E-state index in [1.807, 2.05) is 31.2 Å². The Labute approximate surface area is 133 Å². The zero-order valence-electron chi connectivity index (χ0n) is 13.6. The van der Waals surface area contributed by atoms with Gasteiger partial charge in [-0.05, 0) is 31.4 Å². The maximum Gasteiger partial charge on any atom is 0.166 e. The Morgan fingerprint density at radius 1 is 1.09 bits per heavy atom. The molecule has 0 spiro atoms. The lowest BCUT2D eigenvalue weighted by molar-refractivity contribution is -0.905. The number of Topliss-reactive ketones (excluding diaryl/α,β-unsaturated/α-hetero) is 1. The van der Waals surface area contributed by atoms with Gasteiger partial charge in [0.05, 0.1) is 31.9 Å². The molecule has 2 rings (SSSR count). The average Bonchev–Trinajstić information content (AvgIpc) is 2.58. The third-order valence-electron chi connectivity index (χ3n) is 4.15. The van der Waals surface area contributed by atoms with Gasteiger partial charge in [0, 0.05) is 6.42 Å². The van der Waals surface area contributed by atoms with Gasteiger partial charge in [0.25, 0.3) is 0 Å². The molecule has 1 fully saturated rings. The first-order valence-electron chi connectivity index (χ1n) is 8.47. The number of piperidine rings is 1. The molecule has 0 aromatic heterocycles. The van der Waals surface area contributed by atoms with Crippen LogP contribution in [0.2, 0.25) is 0 Å².